The zero-order chi connectivity index (χ0) is 19.0. The molecule has 2 aliphatic rings. The van der Waals surface area contributed by atoms with Crippen LogP contribution in [0.4, 0.5) is 0 Å². The van der Waals surface area contributed by atoms with Crippen LogP contribution in [0.5, 0.6) is 0 Å². The molecule has 0 radical (unpaired) electrons. The third-order valence-corrected chi connectivity index (χ3v) is 4.88. The van der Waals surface area contributed by atoms with Crippen LogP contribution in [-0.2, 0) is 4.79 Å². The van der Waals surface area contributed by atoms with Gasteiger partial charge in [0.25, 0.3) is 0 Å². The van der Waals surface area contributed by atoms with Crippen LogP contribution in [0.1, 0.15) is 66.7 Å². The topological polar surface area (TPSA) is 66.7 Å². The molecule has 0 saturated carbocycles. The van der Waals surface area contributed by atoms with E-state index in [9.17, 15) is 14.9 Å². The Balaban J connectivity index is 0.00000151. The van der Waals surface area contributed by atoms with E-state index in [1.807, 2.05) is 13.8 Å². The van der Waals surface area contributed by atoms with Crippen LogP contribution in [0.15, 0.2) is 23.0 Å². The lowest BCUT2D eigenvalue weighted by atomic mass is 10.00. The Kier molecular flexibility index (Phi) is 8.83. The smallest absolute Gasteiger partial charge is 0.248 e. The number of nitrogens with zero attached hydrogens (tertiary/aromatic N) is 3. The molecule has 0 aromatic carbocycles. The average Bonchev–Trinajstić information content (AvgIpc) is 3.05. The molecule has 0 saturated heterocycles. The maximum atomic E-state index is 12.7. The van der Waals surface area contributed by atoms with Crippen LogP contribution in [-0.4, -0.2) is 46.3 Å². The van der Waals surface area contributed by atoms with Gasteiger partial charge in [-0.15, -0.1) is 0 Å². The predicted molar refractivity (Wildman–Crippen MR) is 101 cm³/mol. The van der Waals surface area contributed by atoms with Gasteiger partial charge >= 0.3 is 0 Å². The summed E-state index contributed by atoms with van der Waals surface area (Å²) in [5.41, 5.74) is 2.19. The number of carbonyl (C=O) groups excluding carboxylic acids is 1. The lowest BCUT2D eigenvalue weighted by Gasteiger charge is -2.30. The Morgan fingerprint density at radius 2 is 2.00 bits per heavy atom. The summed E-state index contributed by atoms with van der Waals surface area (Å²) >= 11 is 0. The Hall–Kier alpha value is -1.69. The van der Waals surface area contributed by atoms with Crippen molar-refractivity contribution in [3.05, 3.63) is 33.2 Å². The van der Waals surface area contributed by atoms with Crippen LogP contribution < -0.4 is 0 Å². The Morgan fingerprint density at radius 1 is 1.32 bits per heavy atom. The van der Waals surface area contributed by atoms with Gasteiger partial charge in [-0.3, -0.25) is 19.8 Å². The molecule has 0 N–H and O–H groups in total. The van der Waals surface area contributed by atoms with E-state index in [-0.39, 0.29) is 16.5 Å². The Bertz CT molecular complexity index is 540. The summed E-state index contributed by atoms with van der Waals surface area (Å²) in [6.07, 6.45) is 5.65. The maximum absolute atomic E-state index is 12.7. The molecule has 1 aliphatic heterocycles. The van der Waals surface area contributed by atoms with Crippen molar-refractivity contribution < 1.29 is 9.72 Å². The third kappa shape index (κ3) is 5.39. The van der Waals surface area contributed by atoms with Gasteiger partial charge in [0.05, 0.1) is 11.5 Å². The monoisotopic (exact) mass is 351 g/mol. The first-order valence-electron chi connectivity index (χ1n) is 9.59. The van der Waals surface area contributed by atoms with Crippen molar-refractivity contribution in [2.45, 2.75) is 72.8 Å². The van der Waals surface area contributed by atoms with Gasteiger partial charge in [-0.25, -0.2) is 0 Å². The summed E-state index contributed by atoms with van der Waals surface area (Å²) in [7, 11) is 0. The normalized spacial score (nSPS) is 17.7. The largest absolute Gasteiger partial charge is 0.311 e. The van der Waals surface area contributed by atoms with Crippen molar-refractivity contribution >= 4 is 5.91 Å². The van der Waals surface area contributed by atoms with Gasteiger partial charge in [-0.05, 0) is 44.7 Å². The first kappa shape index (κ1) is 21.4. The minimum atomic E-state index is -0.326. The molecule has 142 valence electrons. The molecule has 6 heteroatoms. The molecule has 25 heavy (non-hydrogen) atoms. The number of amides is 1. The van der Waals surface area contributed by atoms with Crippen molar-refractivity contribution in [1.82, 2.24) is 9.80 Å². The molecule has 1 unspecified atom stereocenters. The molecule has 2 rings (SSSR count). The number of rotatable bonds is 7. The molecule has 1 amide bonds. The van der Waals surface area contributed by atoms with E-state index in [0.29, 0.717) is 32.0 Å². The standard InChI is InChI=1S/C17H27N3O3.C2H6/c1-4-9-18(13(3)5-2)12-17(21)19-10-8-14-6-7-15(20(22)23)11-16(14)19;1-2/h11,13H,4-10,12H2,1-3H3;1-2H3. The van der Waals surface area contributed by atoms with Crippen LogP contribution in [0.2, 0.25) is 0 Å². The van der Waals surface area contributed by atoms with Gasteiger partial charge in [-0.1, -0.05) is 27.7 Å². The summed E-state index contributed by atoms with van der Waals surface area (Å²) in [6, 6.07) is 0.367. The molecule has 6 nitrogen and oxygen atoms in total. The van der Waals surface area contributed by atoms with E-state index >= 15 is 0 Å². The van der Waals surface area contributed by atoms with E-state index < -0.39 is 0 Å². The molecule has 0 aromatic heterocycles. The van der Waals surface area contributed by atoms with Crippen LogP contribution >= 0.6 is 0 Å². The van der Waals surface area contributed by atoms with E-state index in [0.717, 1.165) is 31.5 Å². The minimum Gasteiger partial charge on any atom is -0.311 e. The van der Waals surface area contributed by atoms with Gasteiger partial charge in [0, 0.05) is 30.8 Å². The first-order chi connectivity index (χ1) is 12.0. The van der Waals surface area contributed by atoms with Crippen LogP contribution in [0.25, 0.3) is 0 Å². The molecular weight excluding hydrogens is 318 g/mol. The third-order valence-electron chi connectivity index (χ3n) is 4.88. The second-order valence-electron chi connectivity index (χ2n) is 6.40. The Labute approximate surface area is 151 Å². The van der Waals surface area contributed by atoms with Gasteiger partial charge in [0.15, 0.2) is 0 Å². The fraction of sp³-hybridized carbons (Fsp3) is 0.737. The quantitative estimate of drug-likeness (QED) is 0.514. The van der Waals surface area contributed by atoms with Crippen molar-refractivity contribution in [3.63, 3.8) is 0 Å². The molecule has 0 fully saturated rings. The lowest BCUT2D eigenvalue weighted by molar-refractivity contribution is -0.428. The second kappa shape index (κ2) is 10.3. The Morgan fingerprint density at radius 3 is 2.56 bits per heavy atom. The van der Waals surface area contributed by atoms with Crippen LogP contribution in [0, 0.1) is 10.1 Å². The fourth-order valence-electron chi connectivity index (χ4n) is 3.29. The molecule has 0 spiro atoms. The van der Waals surface area contributed by atoms with Gasteiger partial charge in [-0.2, -0.15) is 0 Å². The highest BCUT2D eigenvalue weighted by molar-refractivity contribution is 5.81. The van der Waals surface area contributed by atoms with Gasteiger partial charge in [0.2, 0.25) is 11.6 Å². The van der Waals surface area contributed by atoms with E-state index in [4.69, 9.17) is 0 Å². The number of hydrogen-bond donors (Lipinski definition) is 0. The average molecular weight is 351 g/mol. The van der Waals surface area contributed by atoms with E-state index in [1.54, 1.807) is 11.0 Å². The van der Waals surface area contributed by atoms with E-state index in [1.165, 1.54) is 5.57 Å². The van der Waals surface area contributed by atoms with Crippen molar-refractivity contribution in [2.75, 3.05) is 19.6 Å². The zero-order valence-electron chi connectivity index (χ0n) is 16.4. The lowest BCUT2D eigenvalue weighted by Crippen LogP contribution is -2.43. The molecule has 1 atom stereocenters. The van der Waals surface area contributed by atoms with E-state index in [2.05, 4.69) is 25.7 Å². The highest BCUT2D eigenvalue weighted by Gasteiger charge is 2.32. The summed E-state index contributed by atoms with van der Waals surface area (Å²) in [5.74, 6) is 0.0598. The van der Waals surface area contributed by atoms with Crippen molar-refractivity contribution in [3.8, 4) is 0 Å². The van der Waals surface area contributed by atoms with Crippen molar-refractivity contribution in [2.24, 2.45) is 0 Å². The minimum absolute atomic E-state index is 0.0598. The first-order valence-corrected chi connectivity index (χ1v) is 9.59. The predicted octanol–water partition coefficient (Wildman–Crippen LogP) is 3.96. The summed E-state index contributed by atoms with van der Waals surface area (Å²) in [6.45, 7) is 12.3. The summed E-state index contributed by atoms with van der Waals surface area (Å²) in [5, 5.41) is 11.0. The summed E-state index contributed by atoms with van der Waals surface area (Å²) < 4.78 is 0. The molecular formula is C19H33N3O3. The molecule has 0 aromatic rings. The molecule has 1 aliphatic carbocycles. The summed E-state index contributed by atoms with van der Waals surface area (Å²) in [4.78, 5) is 27.4. The van der Waals surface area contributed by atoms with Gasteiger partial charge < -0.3 is 4.90 Å². The number of carbonyl (C=O) groups is 1. The fourth-order valence-corrected chi connectivity index (χ4v) is 3.29. The highest BCUT2D eigenvalue weighted by Crippen LogP contribution is 2.34. The number of allylic oxidation sites excluding steroid dienone is 2. The SMILES string of the molecule is CC.CCCN(CC(=O)N1CCC2=C1C=C([N+](=O)[O-])CC2)C(C)CC. The van der Waals surface area contributed by atoms with Crippen molar-refractivity contribution in [1.29, 1.82) is 0 Å². The number of hydrogen-bond acceptors (Lipinski definition) is 4. The highest BCUT2D eigenvalue weighted by atomic mass is 16.6. The van der Waals surface area contributed by atoms with Gasteiger partial charge in [0.1, 0.15) is 0 Å². The zero-order valence-corrected chi connectivity index (χ0v) is 16.4. The number of nitro groups is 1. The van der Waals surface area contributed by atoms with Crippen LogP contribution in [0.3, 0.4) is 0 Å². The maximum Gasteiger partial charge on any atom is 0.248 e. The second-order valence-corrected chi connectivity index (χ2v) is 6.40. The molecule has 1 heterocycles. The molecule has 0 bridgehead atoms.